The summed E-state index contributed by atoms with van der Waals surface area (Å²) in [6.07, 6.45) is -5.86. The van der Waals surface area contributed by atoms with E-state index in [1.807, 2.05) is 17.0 Å². The van der Waals surface area contributed by atoms with Gasteiger partial charge in [-0.3, -0.25) is 29.6 Å². The molecule has 0 bridgehead atoms. The van der Waals surface area contributed by atoms with Gasteiger partial charge in [0, 0.05) is 18.0 Å². The number of piperidine rings is 2. The van der Waals surface area contributed by atoms with E-state index in [-0.39, 0.29) is 18.4 Å². The first kappa shape index (κ1) is 33.1. The van der Waals surface area contributed by atoms with Crippen molar-refractivity contribution in [2.45, 2.75) is 50.0 Å². The van der Waals surface area contributed by atoms with Gasteiger partial charge >= 0.3 is 30.3 Å². The second kappa shape index (κ2) is 14.3. The van der Waals surface area contributed by atoms with Gasteiger partial charge in [-0.2, -0.15) is 26.3 Å². The number of carbonyl (C=O) groups is 5. The van der Waals surface area contributed by atoms with Crippen LogP contribution in [0.2, 0.25) is 0 Å². The Hall–Kier alpha value is -3.96. The summed E-state index contributed by atoms with van der Waals surface area (Å²) in [5, 5.41) is 28.5. The molecule has 1 unspecified atom stereocenters. The SMILES string of the molecule is O=C(O)C(F)(F)F.O=C(O)C(F)(F)F.O=C(O)CN1CCC(c2ccc(NC3CCC(=O)NC3=O)cn2)CC1. The third-order valence-electron chi connectivity index (χ3n) is 5.22. The van der Waals surface area contributed by atoms with Crippen LogP contribution in [0.3, 0.4) is 0 Å². The Morgan fingerprint density at radius 3 is 1.85 bits per heavy atom. The molecule has 2 fully saturated rings. The number of aliphatic carboxylic acids is 3. The first-order valence-corrected chi connectivity index (χ1v) is 11.0. The highest BCUT2D eigenvalue weighted by molar-refractivity contribution is 6.01. The summed E-state index contributed by atoms with van der Waals surface area (Å²) < 4.78 is 63.5. The van der Waals surface area contributed by atoms with Crippen molar-refractivity contribution in [3.63, 3.8) is 0 Å². The van der Waals surface area contributed by atoms with E-state index in [9.17, 15) is 40.7 Å². The summed E-state index contributed by atoms with van der Waals surface area (Å²) in [7, 11) is 0. The molecule has 0 spiro atoms. The molecule has 12 nitrogen and oxygen atoms in total. The number of carbonyl (C=O) groups excluding carboxylic acids is 2. The predicted molar refractivity (Wildman–Crippen MR) is 117 cm³/mol. The van der Waals surface area contributed by atoms with Crippen molar-refractivity contribution in [1.29, 1.82) is 0 Å². The van der Waals surface area contributed by atoms with Crippen molar-refractivity contribution in [2.24, 2.45) is 0 Å². The summed E-state index contributed by atoms with van der Waals surface area (Å²) in [6, 6.07) is 3.44. The zero-order chi connectivity index (χ0) is 30.0. The molecule has 2 aliphatic heterocycles. The van der Waals surface area contributed by atoms with Gasteiger partial charge in [0.25, 0.3) is 0 Å². The fourth-order valence-electron chi connectivity index (χ4n) is 3.34. The maximum absolute atomic E-state index is 11.8. The number of nitrogens with zero attached hydrogens (tertiary/aromatic N) is 2. The van der Waals surface area contributed by atoms with E-state index in [1.54, 1.807) is 6.20 Å². The Morgan fingerprint density at radius 2 is 1.46 bits per heavy atom. The molecule has 2 aliphatic rings. The normalized spacial score (nSPS) is 18.5. The summed E-state index contributed by atoms with van der Waals surface area (Å²) >= 11 is 0. The Labute approximate surface area is 216 Å². The Balaban J connectivity index is 0.000000449. The molecule has 2 amide bonds. The van der Waals surface area contributed by atoms with E-state index in [1.165, 1.54) is 0 Å². The Morgan fingerprint density at radius 1 is 0.949 bits per heavy atom. The number of aromatic nitrogens is 1. The van der Waals surface area contributed by atoms with Crippen LogP contribution in [0.25, 0.3) is 0 Å². The highest BCUT2D eigenvalue weighted by Gasteiger charge is 2.39. The molecule has 0 saturated carbocycles. The van der Waals surface area contributed by atoms with E-state index >= 15 is 0 Å². The molecule has 0 aliphatic carbocycles. The van der Waals surface area contributed by atoms with Crippen molar-refractivity contribution in [1.82, 2.24) is 15.2 Å². The minimum atomic E-state index is -5.08. The zero-order valence-corrected chi connectivity index (χ0v) is 19.9. The second-order valence-corrected chi connectivity index (χ2v) is 8.17. The maximum Gasteiger partial charge on any atom is 0.490 e. The number of nitrogens with one attached hydrogen (secondary N) is 2. The van der Waals surface area contributed by atoms with Gasteiger partial charge in [-0.25, -0.2) is 9.59 Å². The molecule has 18 heteroatoms. The van der Waals surface area contributed by atoms with Crippen LogP contribution in [-0.4, -0.2) is 93.0 Å². The third kappa shape index (κ3) is 12.4. The molecular formula is C21H24F6N4O8. The predicted octanol–water partition coefficient (Wildman–Crippen LogP) is 1.83. The fourth-order valence-corrected chi connectivity index (χ4v) is 3.34. The van der Waals surface area contributed by atoms with Gasteiger partial charge in [0.05, 0.1) is 18.4 Å². The van der Waals surface area contributed by atoms with Crippen molar-refractivity contribution in [3.8, 4) is 0 Å². The minimum Gasteiger partial charge on any atom is -0.480 e. The number of carboxylic acid groups (broad SMARTS) is 3. The number of amides is 2. The zero-order valence-electron chi connectivity index (χ0n) is 19.9. The van der Waals surface area contributed by atoms with E-state index < -0.39 is 36.3 Å². The number of hydrogen-bond donors (Lipinski definition) is 5. The quantitative estimate of drug-likeness (QED) is 0.255. The number of halogens is 6. The van der Waals surface area contributed by atoms with Crippen molar-refractivity contribution in [3.05, 3.63) is 24.0 Å². The molecule has 218 valence electrons. The number of pyridine rings is 1. The molecule has 1 aromatic heterocycles. The van der Waals surface area contributed by atoms with Crippen LogP contribution >= 0.6 is 0 Å². The summed E-state index contributed by atoms with van der Waals surface area (Å²) in [6.45, 7) is 1.61. The molecule has 1 atom stereocenters. The molecular weight excluding hydrogens is 550 g/mol. The molecule has 2 saturated heterocycles. The molecule has 3 rings (SSSR count). The van der Waals surface area contributed by atoms with Gasteiger partial charge in [0.1, 0.15) is 6.04 Å². The van der Waals surface area contributed by atoms with Crippen LogP contribution in [0.5, 0.6) is 0 Å². The van der Waals surface area contributed by atoms with Gasteiger partial charge in [-0.1, -0.05) is 0 Å². The van der Waals surface area contributed by atoms with Gasteiger partial charge in [-0.15, -0.1) is 0 Å². The van der Waals surface area contributed by atoms with Crippen molar-refractivity contribution in [2.75, 3.05) is 25.0 Å². The molecule has 0 radical (unpaired) electrons. The minimum absolute atomic E-state index is 0.0922. The van der Waals surface area contributed by atoms with Crippen molar-refractivity contribution >= 4 is 35.4 Å². The van der Waals surface area contributed by atoms with Crippen LogP contribution in [0.4, 0.5) is 32.0 Å². The highest BCUT2D eigenvalue weighted by Crippen LogP contribution is 2.27. The van der Waals surface area contributed by atoms with Crippen molar-refractivity contribution < 1.29 is 65.6 Å². The molecule has 3 heterocycles. The first-order valence-electron chi connectivity index (χ1n) is 11.0. The number of carboxylic acids is 3. The number of anilines is 1. The average Bonchev–Trinajstić information content (AvgIpc) is 2.81. The van der Waals surface area contributed by atoms with E-state index in [0.29, 0.717) is 18.8 Å². The van der Waals surface area contributed by atoms with Crippen LogP contribution < -0.4 is 10.6 Å². The van der Waals surface area contributed by atoms with Crippen LogP contribution in [0.1, 0.15) is 37.3 Å². The Bertz CT molecular complexity index is 1000. The molecule has 0 aromatic carbocycles. The average molecular weight is 574 g/mol. The lowest BCUT2D eigenvalue weighted by Crippen LogP contribution is -2.47. The van der Waals surface area contributed by atoms with Gasteiger partial charge < -0.3 is 20.6 Å². The topological polar surface area (TPSA) is 186 Å². The second-order valence-electron chi connectivity index (χ2n) is 8.17. The standard InChI is InChI=1S/C17H22N4O4.2C2HF3O2/c22-15-4-3-14(17(25)20-15)19-12-1-2-13(18-9-12)11-5-7-21(8-6-11)10-16(23)24;2*3-2(4,5)1(6)7/h1-2,9,11,14,19H,3-8,10H2,(H,23,24)(H,20,22,25);2*(H,6,7). The number of likely N-dealkylation sites (tertiary alicyclic amines) is 1. The Kier molecular flexibility index (Phi) is 12.1. The lowest BCUT2D eigenvalue weighted by atomic mass is 9.93. The monoisotopic (exact) mass is 574 g/mol. The van der Waals surface area contributed by atoms with Crippen LogP contribution in [0, 0.1) is 0 Å². The highest BCUT2D eigenvalue weighted by atomic mass is 19.4. The number of rotatable bonds is 5. The molecule has 1 aromatic rings. The fraction of sp³-hybridized carbons (Fsp3) is 0.524. The first-order chi connectivity index (χ1) is 17.9. The smallest absolute Gasteiger partial charge is 0.480 e. The summed E-state index contributed by atoms with van der Waals surface area (Å²) in [4.78, 5) is 57.9. The molecule has 39 heavy (non-hydrogen) atoms. The number of imide groups is 1. The largest absolute Gasteiger partial charge is 0.490 e. The summed E-state index contributed by atoms with van der Waals surface area (Å²) in [5.41, 5.74) is 1.74. The van der Waals surface area contributed by atoms with Crippen LogP contribution in [-0.2, 0) is 24.0 Å². The van der Waals surface area contributed by atoms with Gasteiger partial charge in [0.15, 0.2) is 0 Å². The summed E-state index contributed by atoms with van der Waals surface area (Å²) in [5.74, 6) is -6.51. The van der Waals surface area contributed by atoms with E-state index in [2.05, 4.69) is 15.6 Å². The third-order valence-corrected chi connectivity index (χ3v) is 5.22. The molecule has 5 N–H and O–H groups in total. The maximum atomic E-state index is 11.8. The number of hydrogen-bond acceptors (Lipinski definition) is 8. The van der Waals surface area contributed by atoms with E-state index in [4.69, 9.17) is 24.9 Å². The lowest BCUT2D eigenvalue weighted by Gasteiger charge is -2.30. The van der Waals surface area contributed by atoms with Gasteiger partial charge in [0.2, 0.25) is 11.8 Å². The number of alkyl halides is 6. The lowest BCUT2D eigenvalue weighted by molar-refractivity contribution is -0.193. The van der Waals surface area contributed by atoms with E-state index in [0.717, 1.165) is 37.3 Å². The van der Waals surface area contributed by atoms with Crippen LogP contribution in [0.15, 0.2) is 18.3 Å². The van der Waals surface area contributed by atoms with Gasteiger partial charge in [-0.05, 0) is 44.5 Å².